The monoisotopic (exact) mass is 289 g/mol. The van der Waals surface area contributed by atoms with Gasteiger partial charge in [-0.15, -0.1) is 10.2 Å². The van der Waals surface area contributed by atoms with Crippen LogP contribution in [-0.4, -0.2) is 48.1 Å². The first-order valence-electron chi connectivity index (χ1n) is 5.37. The van der Waals surface area contributed by atoms with Gasteiger partial charge in [0.25, 0.3) is 5.22 Å². The number of nitrogens with two attached hydrogens (primary N) is 1. The summed E-state index contributed by atoms with van der Waals surface area (Å²) in [6.07, 6.45) is 0. The van der Waals surface area contributed by atoms with Crippen LogP contribution in [0, 0.1) is 0 Å². The molecule has 0 spiro atoms. The molecule has 0 bridgehead atoms. The summed E-state index contributed by atoms with van der Waals surface area (Å²) in [5.41, 5.74) is 5.30. The van der Waals surface area contributed by atoms with Crippen LogP contribution in [0.5, 0.6) is 0 Å². The number of thioether (sulfide) groups is 1. The number of nitrogens with one attached hydrogen (secondary N) is 2. The van der Waals surface area contributed by atoms with Crippen molar-refractivity contribution in [2.75, 3.05) is 26.0 Å². The van der Waals surface area contributed by atoms with E-state index in [1.165, 1.54) is 7.11 Å². The average molecular weight is 289 g/mol. The van der Waals surface area contributed by atoms with Gasteiger partial charge in [-0.1, -0.05) is 11.8 Å². The van der Waals surface area contributed by atoms with Crippen molar-refractivity contribution in [3.05, 3.63) is 5.89 Å². The largest absolute Gasteiger partial charge is 0.415 e. The van der Waals surface area contributed by atoms with Crippen LogP contribution in [0.3, 0.4) is 0 Å². The molecule has 0 saturated carbocycles. The fraction of sp³-hybridized carbons (Fsp3) is 0.556. The van der Waals surface area contributed by atoms with Crippen LogP contribution in [0.15, 0.2) is 9.64 Å². The van der Waals surface area contributed by atoms with Gasteiger partial charge in [0.15, 0.2) is 0 Å². The zero-order chi connectivity index (χ0) is 14.1. The van der Waals surface area contributed by atoms with Crippen LogP contribution < -0.4 is 16.4 Å². The summed E-state index contributed by atoms with van der Waals surface area (Å²) in [7, 11) is 1.52. The Hall–Kier alpha value is -1.65. The molecule has 1 aromatic rings. The molecule has 19 heavy (non-hydrogen) atoms. The number of aromatic nitrogens is 2. The van der Waals surface area contributed by atoms with E-state index in [1.54, 1.807) is 0 Å². The van der Waals surface area contributed by atoms with E-state index in [1.807, 2.05) is 0 Å². The minimum Gasteiger partial charge on any atom is -0.415 e. The molecular formula is C9H15N5O4S. The van der Waals surface area contributed by atoms with E-state index < -0.39 is 11.9 Å². The summed E-state index contributed by atoms with van der Waals surface area (Å²) in [6.45, 7) is 0.841. The van der Waals surface area contributed by atoms with Gasteiger partial charge in [0.2, 0.25) is 11.8 Å². The number of ether oxygens (including phenoxy) is 1. The third kappa shape index (κ3) is 6.18. The number of rotatable bonds is 7. The molecule has 1 rings (SSSR count). The van der Waals surface area contributed by atoms with E-state index in [2.05, 4.69) is 20.8 Å². The maximum absolute atomic E-state index is 11.4. The lowest BCUT2D eigenvalue weighted by Crippen LogP contribution is -2.41. The van der Waals surface area contributed by atoms with E-state index in [0.717, 1.165) is 11.8 Å². The Morgan fingerprint density at radius 2 is 2.26 bits per heavy atom. The second kappa shape index (κ2) is 8.45. The number of carbonyl (C=O) groups is 2. The van der Waals surface area contributed by atoms with Crippen molar-refractivity contribution in [1.29, 1.82) is 0 Å². The molecule has 0 atom stereocenters. The molecule has 0 aromatic carbocycles. The zero-order valence-electron chi connectivity index (χ0n) is 10.3. The molecule has 106 valence electrons. The number of hydrogen-bond donors (Lipinski definition) is 3. The SMILES string of the molecule is COCCNC(=O)NC(=O)CSc1nnc(CN)o1. The third-order valence-electron chi connectivity index (χ3n) is 1.79. The van der Waals surface area contributed by atoms with Gasteiger partial charge in [0.1, 0.15) is 0 Å². The fourth-order valence-corrected chi connectivity index (χ4v) is 1.56. The maximum atomic E-state index is 11.4. The van der Waals surface area contributed by atoms with Crippen LogP contribution in [0.4, 0.5) is 4.79 Å². The van der Waals surface area contributed by atoms with Crippen molar-refractivity contribution < 1.29 is 18.7 Å². The summed E-state index contributed by atoms with van der Waals surface area (Å²) in [5, 5.41) is 12.1. The van der Waals surface area contributed by atoms with E-state index in [9.17, 15) is 9.59 Å². The molecule has 4 N–H and O–H groups in total. The average Bonchev–Trinajstić information content (AvgIpc) is 2.84. The smallest absolute Gasteiger partial charge is 0.321 e. The van der Waals surface area contributed by atoms with E-state index >= 15 is 0 Å². The molecular weight excluding hydrogens is 274 g/mol. The molecule has 0 aliphatic carbocycles. The highest BCUT2D eigenvalue weighted by molar-refractivity contribution is 7.99. The molecule has 0 unspecified atom stereocenters. The number of carbonyl (C=O) groups excluding carboxylic acids is 2. The van der Waals surface area contributed by atoms with Crippen LogP contribution >= 0.6 is 11.8 Å². The highest BCUT2D eigenvalue weighted by Crippen LogP contribution is 2.14. The Bertz CT molecular complexity index is 424. The van der Waals surface area contributed by atoms with Gasteiger partial charge in [-0.25, -0.2) is 4.79 Å². The van der Waals surface area contributed by atoms with Crippen LogP contribution in [-0.2, 0) is 16.1 Å². The number of methoxy groups -OCH3 is 1. The van der Waals surface area contributed by atoms with Crippen LogP contribution in [0.1, 0.15) is 5.89 Å². The molecule has 0 radical (unpaired) electrons. The number of hydrogen-bond acceptors (Lipinski definition) is 8. The van der Waals surface area contributed by atoms with Crippen LogP contribution in [0.25, 0.3) is 0 Å². The third-order valence-corrected chi connectivity index (χ3v) is 2.61. The topological polar surface area (TPSA) is 132 Å². The lowest BCUT2D eigenvalue weighted by atomic mass is 10.6. The Balaban J connectivity index is 2.22. The van der Waals surface area contributed by atoms with Gasteiger partial charge in [-0.05, 0) is 0 Å². The van der Waals surface area contributed by atoms with Gasteiger partial charge in [-0.3, -0.25) is 10.1 Å². The molecule has 1 heterocycles. The van der Waals surface area contributed by atoms with E-state index in [4.69, 9.17) is 14.9 Å². The Kier molecular flexibility index (Phi) is 6.85. The summed E-state index contributed by atoms with van der Waals surface area (Å²) in [4.78, 5) is 22.6. The highest BCUT2D eigenvalue weighted by Gasteiger charge is 2.11. The summed E-state index contributed by atoms with van der Waals surface area (Å²) < 4.78 is 9.83. The van der Waals surface area contributed by atoms with Gasteiger partial charge in [-0.2, -0.15) is 0 Å². The first-order valence-corrected chi connectivity index (χ1v) is 6.36. The number of nitrogens with zero attached hydrogens (tertiary/aromatic N) is 2. The maximum Gasteiger partial charge on any atom is 0.321 e. The van der Waals surface area contributed by atoms with E-state index in [-0.39, 0.29) is 17.5 Å². The molecule has 0 aliphatic rings. The van der Waals surface area contributed by atoms with Gasteiger partial charge < -0.3 is 20.2 Å². The molecule has 9 nitrogen and oxygen atoms in total. The second-order valence-electron chi connectivity index (χ2n) is 3.25. The van der Waals surface area contributed by atoms with E-state index in [0.29, 0.717) is 19.0 Å². The summed E-state index contributed by atoms with van der Waals surface area (Å²) in [5.74, 6) is -0.184. The second-order valence-corrected chi connectivity index (χ2v) is 4.18. The molecule has 3 amide bonds. The van der Waals surface area contributed by atoms with Crippen molar-refractivity contribution in [2.24, 2.45) is 5.73 Å². The van der Waals surface area contributed by atoms with Gasteiger partial charge in [0.05, 0.1) is 18.9 Å². The summed E-state index contributed by atoms with van der Waals surface area (Å²) in [6, 6.07) is -0.573. The Morgan fingerprint density at radius 1 is 1.47 bits per heavy atom. The van der Waals surface area contributed by atoms with Crippen LogP contribution in [0.2, 0.25) is 0 Å². The van der Waals surface area contributed by atoms with Crippen molar-refractivity contribution in [3.8, 4) is 0 Å². The summed E-state index contributed by atoms with van der Waals surface area (Å²) >= 11 is 1.02. The molecule has 10 heteroatoms. The first kappa shape index (κ1) is 15.4. The number of imide groups is 1. The van der Waals surface area contributed by atoms with Gasteiger partial charge in [0, 0.05) is 13.7 Å². The highest BCUT2D eigenvalue weighted by atomic mass is 32.2. The quantitative estimate of drug-likeness (QED) is 0.434. The predicted molar refractivity (Wildman–Crippen MR) is 66.3 cm³/mol. The Labute approximate surface area is 113 Å². The standard InChI is InChI=1S/C9H15N5O4S/c1-17-3-2-11-8(16)12-6(15)5-19-9-14-13-7(4-10)18-9/h2-5,10H2,1H3,(H2,11,12,15,16). The molecule has 1 aromatic heterocycles. The molecule has 0 aliphatic heterocycles. The molecule has 0 fully saturated rings. The van der Waals surface area contributed by atoms with Gasteiger partial charge >= 0.3 is 6.03 Å². The molecule has 0 saturated heterocycles. The Morgan fingerprint density at radius 3 is 2.89 bits per heavy atom. The fourth-order valence-electron chi connectivity index (χ4n) is 0.980. The zero-order valence-corrected chi connectivity index (χ0v) is 11.2. The van der Waals surface area contributed by atoms with Crippen molar-refractivity contribution in [1.82, 2.24) is 20.8 Å². The minimum atomic E-state index is -0.573. The van der Waals surface area contributed by atoms with Crippen molar-refractivity contribution in [3.63, 3.8) is 0 Å². The normalized spacial score (nSPS) is 10.2. The minimum absolute atomic E-state index is 0.0100. The lowest BCUT2D eigenvalue weighted by molar-refractivity contribution is -0.117. The number of urea groups is 1. The number of amides is 3. The predicted octanol–water partition coefficient (Wildman–Crippen LogP) is -0.907. The first-order chi connectivity index (χ1) is 9.15. The van der Waals surface area contributed by atoms with Crippen molar-refractivity contribution >= 4 is 23.7 Å². The van der Waals surface area contributed by atoms with Crippen molar-refractivity contribution in [2.45, 2.75) is 11.8 Å². The lowest BCUT2D eigenvalue weighted by Gasteiger charge is -2.04.